The minimum Gasteiger partial charge on any atom is -0.425 e. The number of nitrogens with one attached hydrogen (secondary N) is 1. The lowest BCUT2D eigenvalue weighted by molar-refractivity contribution is 0.0997. The van der Waals surface area contributed by atoms with Gasteiger partial charge in [0.2, 0.25) is 5.43 Å². The Morgan fingerprint density at radius 1 is 1.07 bits per heavy atom. The van der Waals surface area contributed by atoms with E-state index in [1.807, 2.05) is 25.1 Å². The molecule has 0 unspecified atom stereocenters. The van der Waals surface area contributed by atoms with Gasteiger partial charge in [0.25, 0.3) is 5.91 Å². The summed E-state index contributed by atoms with van der Waals surface area (Å²) in [5.41, 5.74) is 2.12. The third-order valence-corrected chi connectivity index (χ3v) is 5.20. The number of furan rings is 1. The Labute approximate surface area is 156 Å². The summed E-state index contributed by atoms with van der Waals surface area (Å²) in [6.07, 6.45) is 0. The van der Waals surface area contributed by atoms with Crippen LogP contribution >= 0.6 is 11.3 Å². The van der Waals surface area contributed by atoms with Crippen molar-refractivity contribution in [1.29, 1.82) is 0 Å². The molecule has 1 amide bonds. The molecule has 27 heavy (non-hydrogen) atoms. The van der Waals surface area contributed by atoms with Gasteiger partial charge in [-0.15, -0.1) is 0 Å². The van der Waals surface area contributed by atoms with Crippen molar-refractivity contribution in [3.63, 3.8) is 0 Å². The Bertz CT molecular complexity index is 1410. The largest absolute Gasteiger partial charge is 0.425 e. The van der Waals surface area contributed by atoms with Crippen LogP contribution in [0.4, 0.5) is 5.13 Å². The van der Waals surface area contributed by atoms with Crippen molar-refractivity contribution in [2.24, 2.45) is 0 Å². The third kappa shape index (κ3) is 2.60. The van der Waals surface area contributed by atoms with Crippen LogP contribution in [0.25, 0.3) is 32.4 Å². The maximum atomic E-state index is 12.6. The number of aromatic nitrogens is 1. The summed E-state index contributed by atoms with van der Waals surface area (Å²) in [7, 11) is 0. The fourth-order valence-corrected chi connectivity index (χ4v) is 3.91. The van der Waals surface area contributed by atoms with E-state index < -0.39 is 5.91 Å². The Morgan fingerprint density at radius 2 is 1.93 bits per heavy atom. The lowest BCUT2D eigenvalue weighted by Crippen LogP contribution is -2.10. The van der Waals surface area contributed by atoms with E-state index in [1.165, 1.54) is 17.4 Å². The quantitative estimate of drug-likeness (QED) is 0.482. The molecule has 0 saturated heterocycles. The summed E-state index contributed by atoms with van der Waals surface area (Å²) in [6.45, 7) is 2.00. The molecule has 3 aromatic heterocycles. The molecule has 0 spiro atoms. The fraction of sp³-hybridized carbons (Fsp3) is 0.0500. The van der Waals surface area contributed by atoms with Crippen molar-refractivity contribution in [2.45, 2.75) is 6.92 Å². The molecular weight excluding hydrogens is 364 g/mol. The zero-order chi connectivity index (χ0) is 18.5. The predicted octanol–water partition coefficient (Wildman–Crippen LogP) is 4.71. The first-order valence-electron chi connectivity index (χ1n) is 8.22. The average Bonchev–Trinajstić information content (AvgIpc) is 3.25. The molecule has 0 saturated carbocycles. The van der Waals surface area contributed by atoms with Crippen LogP contribution in [0.2, 0.25) is 0 Å². The van der Waals surface area contributed by atoms with Gasteiger partial charge < -0.3 is 8.83 Å². The van der Waals surface area contributed by atoms with Gasteiger partial charge in [0.15, 0.2) is 10.9 Å². The first-order valence-corrected chi connectivity index (χ1v) is 9.04. The molecule has 5 rings (SSSR count). The number of fused-ring (bicyclic) bond motifs is 3. The zero-order valence-electron chi connectivity index (χ0n) is 14.1. The molecule has 0 aliphatic carbocycles. The number of carbonyl (C=O) groups is 1. The Hall–Kier alpha value is -3.45. The lowest BCUT2D eigenvalue weighted by Gasteiger charge is -1.96. The molecule has 3 heterocycles. The maximum Gasteiger partial charge on any atom is 0.302 e. The molecular formula is C20H12N2O4S. The van der Waals surface area contributed by atoms with E-state index in [1.54, 1.807) is 24.3 Å². The van der Waals surface area contributed by atoms with E-state index in [2.05, 4.69) is 10.3 Å². The summed E-state index contributed by atoms with van der Waals surface area (Å²) in [6, 6.07) is 14.2. The minimum absolute atomic E-state index is 0.00315. The molecule has 7 heteroatoms. The van der Waals surface area contributed by atoms with Crippen molar-refractivity contribution < 1.29 is 13.6 Å². The molecule has 0 aliphatic heterocycles. The maximum absolute atomic E-state index is 12.6. The number of hydrogen-bond acceptors (Lipinski definition) is 6. The highest BCUT2D eigenvalue weighted by Gasteiger charge is 2.19. The normalized spacial score (nSPS) is 11.4. The number of anilines is 1. The van der Waals surface area contributed by atoms with Crippen molar-refractivity contribution in [3.05, 3.63) is 70.1 Å². The molecule has 0 bridgehead atoms. The lowest BCUT2D eigenvalue weighted by atomic mass is 10.2. The summed E-state index contributed by atoms with van der Waals surface area (Å²) in [5.74, 6) is -0.457. The second-order valence-electron chi connectivity index (χ2n) is 6.18. The molecule has 1 N–H and O–H groups in total. The fourth-order valence-electron chi connectivity index (χ4n) is 2.95. The van der Waals surface area contributed by atoms with E-state index in [4.69, 9.17) is 8.83 Å². The van der Waals surface area contributed by atoms with Crippen LogP contribution in [0, 0.1) is 6.92 Å². The van der Waals surface area contributed by atoms with Gasteiger partial charge in [0, 0.05) is 6.07 Å². The number of benzene rings is 2. The molecule has 132 valence electrons. The molecule has 6 nitrogen and oxygen atoms in total. The van der Waals surface area contributed by atoms with Crippen molar-refractivity contribution in [1.82, 2.24) is 4.98 Å². The number of hydrogen-bond donors (Lipinski definition) is 1. The highest BCUT2D eigenvalue weighted by atomic mass is 32.1. The van der Waals surface area contributed by atoms with Crippen LogP contribution < -0.4 is 10.7 Å². The van der Waals surface area contributed by atoms with Gasteiger partial charge in [-0.1, -0.05) is 29.5 Å². The smallest absolute Gasteiger partial charge is 0.302 e. The van der Waals surface area contributed by atoms with Crippen LogP contribution in [-0.4, -0.2) is 10.9 Å². The number of para-hydroxylation sites is 1. The molecule has 0 radical (unpaired) electrons. The number of amides is 1. The van der Waals surface area contributed by atoms with Crippen LogP contribution in [0.5, 0.6) is 0 Å². The van der Waals surface area contributed by atoms with Gasteiger partial charge in [0.05, 0.1) is 15.6 Å². The van der Waals surface area contributed by atoms with Gasteiger partial charge in [-0.25, -0.2) is 4.98 Å². The number of nitrogens with zero attached hydrogens (tertiary/aromatic N) is 1. The molecule has 2 aromatic carbocycles. The third-order valence-electron chi connectivity index (χ3n) is 4.27. The topological polar surface area (TPSA) is 85.3 Å². The Morgan fingerprint density at radius 3 is 2.81 bits per heavy atom. The minimum atomic E-state index is -0.486. The van der Waals surface area contributed by atoms with E-state index in [9.17, 15) is 9.59 Å². The van der Waals surface area contributed by atoms with Crippen molar-refractivity contribution in [2.75, 3.05) is 5.32 Å². The summed E-state index contributed by atoms with van der Waals surface area (Å²) >= 11 is 1.38. The summed E-state index contributed by atoms with van der Waals surface area (Å²) in [5, 5.41) is 3.86. The van der Waals surface area contributed by atoms with Gasteiger partial charge in [-0.2, -0.15) is 0 Å². The number of thiazole rings is 1. The van der Waals surface area contributed by atoms with E-state index in [0.717, 1.165) is 15.8 Å². The molecule has 0 aliphatic rings. The van der Waals surface area contributed by atoms with E-state index in [0.29, 0.717) is 16.1 Å². The summed E-state index contributed by atoms with van der Waals surface area (Å²) < 4.78 is 12.1. The Balaban J connectivity index is 1.54. The second-order valence-corrected chi connectivity index (χ2v) is 7.21. The van der Waals surface area contributed by atoms with E-state index in [-0.39, 0.29) is 22.4 Å². The highest BCUT2D eigenvalue weighted by Crippen LogP contribution is 2.28. The number of rotatable bonds is 2. The molecule has 0 atom stereocenters. The van der Waals surface area contributed by atoms with Crippen molar-refractivity contribution >= 4 is 54.7 Å². The van der Waals surface area contributed by atoms with Gasteiger partial charge in [-0.3, -0.25) is 14.9 Å². The van der Waals surface area contributed by atoms with Crippen molar-refractivity contribution in [3.8, 4) is 0 Å². The average molecular weight is 376 g/mol. The molecule has 0 fully saturated rings. The second kappa shape index (κ2) is 5.78. The predicted molar refractivity (Wildman–Crippen MR) is 105 cm³/mol. The monoisotopic (exact) mass is 376 g/mol. The number of aryl methyl sites for hydroxylation is 1. The zero-order valence-corrected chi connectivity index (χ0v) is 14.9. The first-order chi connectivity index (χ1) is 13.1. The molecule has 5 aromatic rings. The highest BCUT2D eigenvalue weighted by molar-refractivity contribution is 7.22. The van der Waals surface area contributed by atoms with E-state index >= 15 is 0 Å². The number of carbonyl (C=O) groups excluding carboxylic acids is 1. The van der Waals surface area contributed by atoms with Crippen LogP contribution in [0.1, 0.15) is 16.1 Å². The van der Waals surface area contributed by atoms with Gasteiger partial charge >= 0.3 is 5.78 Å². The van der Waals surface area contributed by atoms with Gasteiger partial charge in [0.1, 0.15) is 11.0 Å². The van der Waals surface area contributed by atoms with Gasteiger partial charge in [-0.05, 0) is 36.8 Å². The summed E-state index contributed by atoms with van der Waals surface area (Å²) in [4.78, 5) is 29.5. The van der Waals surface area contributed by atoms with Crippen LogP contribution in [0.15, 0.2) is 62.2 Å². The Kier molecular flexibility index (Phi) is 3.38. The standard InChI is InChI=1S/C20H12N2O4S/c1-10-6-7-13-16(8-10)27-20(21-13)22-18(24)15-9-12-17(23)11-4-2-3-5-14(11)25-19(12)26-15/h2-9H,1H3,(H,21,22,24). The van der Waals surface area contributed by atoms with Crippen LogP contribution in [0.3, 0.4) is 0 Å². The van der Waals surface area contributed by atoms with Crippen LogP contribution in [-0.2, 0) is 0 Å². The first kappa shape index (κ1) is 15.8. The SMILES string of the molecule is Cc1ccc2nc(NC(=O)c3cc4c(=O)c5ccccc5oc4o3)sc2c1.